The van der Waals surface area contributed by atoms with Crippen LogP contribution in [0.4, 0.5) is 0 Å². The van der Waals surface area contributed by atoms with Gasteiger partial charge in [0.05, 0.1) is 0 Å². The van der Waals surface area contributed by atoms with E-state index in [1.165, 1.54) is 44.5 Å². The number of nitrogens with zero attached hydrogens (tertiary/aromatic N) is 2. The molecule has 0 unspecified atom stereocenters. The summed E-state index contributed by atoms with van der Waals surface area (Å²) in [5.41, 5.74) is 10.8. The highest BCUT2D eigenvalue weighted by atomic mass is 127. The van der Waals surface area contributed by atoms with Crippen molar-refractivity contribution in [3.8, 4) is 0 Å². The zero-order valence-electron chi connectivity index (χ0n) is 20.9. The molecule has 4 aliphatic carbocycles. The van der Waals surface area contributed by atoms with Crippen LogP contribution in [0.2, 0.25) is 0 Å². The molecule has 4 bridgehead atoms. The number of aryl methyl sites for hydroxylation is 6. The lowest BCUT2D eigenvalue weighted by molar-refractivity contribution is -0.671. The number of pyridine rings is 2. The number of benzene rings is 2. The van der Waals surface area contributed by atoms with Gasteiger partial charge < -0.3 is 48.0 Å². The molecule has 0 fully saturated rings. The first-order valence-corrected chi connectivity index (χ1v) is 12.1. The molecule has 0 saturated heterocycles. The van der Waals surface area contributed by atoms with E-state index < -0.39 is 0 Å². The van der Waals surface area contributed by atoms with Gasteiger partial charge in [-0.2, -0.15) is 0 Å². The molecule has 2 aromatic heterocycles. The third-order valence-corrected chi connectivity index (χ3v) is 6.71. The Morgan fingerprint density at radius 2 is 0.889 bits per heavy atom. The second kappa shape index (κ2) is 13.3. The topological polar surface area (TPSA) is 7.76 Å². The molecule has 0 N–H and O–H groups in total. The average molecular weight is 698 g/mol. The van der Waals surface area contributed by atoms with E-state index in [9.17, 15) is 0 Å². The third kappa shape index (κ3) is 7.35. The molecule has 0 saturated carbocycles. The number of hydrogen-bond acceptors (Lipinski definition) is 0. The van der Waals surface area contributed by atoms with E-state index in [0.29, 0.717) is 0 Å². The van der Waals surface area contributed by atoms with E-state index in [-0.39, 0.29) is 48.0 Å². The standard InChI is InChI=1S/C32H32N2.2HI/c1-33-19-15-25(16-20-33)3-13-31-23-27-5-9-29(31)11-7-28-6-10-30(12-8-27)32(24-28)14-4-26-17-21-34(2)22-18-26;;/h3-6,9-10,13-24H,7-8,11-12H2,1-2H3;2*1H/q+2;;/p-2/b13-3+,14-4+;;. The summed E-state index contributed by atoms with van der Waals surface area (Å²) in [5, 5.41) is 0. The number of aromatic nitrogens is 2. The molecule has 2 aromatic carbocycles. The fraction of sp³-hybridized carbons (Fsp3) is 0.188. The summed E-state index contributed by atoms with van der Waals surface area (Å²) < 4.78 is 4.13. The molecule has 184 valence electrons. The molecule has 2 heterocycles. The highest BCUT2D eigenvalue weighted by Crippen LogP contribution is 2.24. The Bertz CT molecular complexity index is 1250. The van der Waals surface area contributed by atoms with E-state index in [1.807, 2.05) is 14.1 Å². The van der Waals surface area contributed by atoms with E-state index in [4.69, 9.17) is 0 Å². The van der Waals surface area contributed by atoms with E-state index in [0.717, 1.165) is 25.7 Å². The molecular formula is C32H32I2N2. The van der Waals surface area contributed by atoms with Crippen LogP contribution < -0.4 is 57.1 Å². The van der Waals surface area contributed by atoms with Gasteiger partial charge in [-0.15, -0.1) is 0 Å². The molecule has 8 rings (SSSR count). The van der Waals surface area contributed by atoms with Gasteiger partial charge in [0.2, 0.25) is 0 Å². The van der Waals surface area contributed by atoms with Crippen LogP contribution >= 0.6 is 0 Å². The van der Waals surface area contributed by atoms with Gasteiger partial charge in [0, 0.05) is 24.3 Å². The monoisotopic (exact) mass is 698 g/mol. The second-order valence-corrected chi connectivity index (χ2v) is 9.33. The van der Waals surface area contributed by atoms with Crippen LogP contribution in [-0.4, -0.2) is 0 Å². The van der Waals surface area contributed by atoms with Crippen LogP contribution in [0.1, 0.15) is 44.5 Å². The van der Waals surface area contributed by atoms with Gasteiger partial charge in [-0.1, -0.05) is 60.7 Å². The van der Waals surface area contributed by atoms with Crippen LogP contribution in [0, 0.1) is 0 Å². The Balaban J connectivity index is 0.00000180. The molecule has 2 nitrogen and oxygen atoms in total. The molecular weight excluding hydrogens is 666 g/mol. The molecule has 0 radical (unpaired) electrons. The van der Waals surface area contributed by atoms with Gasteiger partial charge in [-0.25, -0.2) is 9.13 Å². The third-order valence-electron chi connectivity index (χ3n) is 6.71. The van der Waals surface area contributed by atoms with Crippen molar-refractivity contribution >= 4 is 24.3 Å². The van der Waals surface area contributed by atoms with Gasteiger partial charge in [0.1, 0.15) is 14.1 Å². The molecule has 0 amide bonds. The molecule has 4 aromatic rings. The molecule has 0 atom stereocenters. The Labute approximate surface area is 249 Å². The second-order valence-electron chi connectivity index (χ2n) is 9.33. The summed E-state index contributed by atoms with van der Waals surface area (Å²) in [5.74, 6) is 0. The van der Waals surface area contributed by atoms with E-state index in [1.54, 1.807) is 0 Å². The van der Waals surface area contributed by atoms with Crippen LogP contribution in [0.15, 0.2) is 85.5 Å². The zero-order chi connectivity index (χ0) is 23.3. The van der Waals surface area contributed by atoms with Crippen molar-refractivity contribution in [2.45, 2.75) is 25.7 Å². The molecule has 0 aliphatic heterocycles. The first-order valence-electron chi connectivity index (χ1n) is 12.1. The van der Waals surface area contributed by atoms with Crippen LogP contribution in [0.25, 0.3) is 24.3 Å². The van der Waals surface area contributed by atoms with E-state index >= 15 is 0 Å². The molecule has 4 aliphatic rings. The van der Waals surface area contributed by atoms with Crippen LogP contribution in [0.5, 0.6) is 0 Å². The normalized spacial score (nSPS) is 12.7. The lowest BCUT2D eigenvalue weighted by Gasteiger charge is -2.15. The van der Waals surface area contributed by atoms with Crippen molar-refractivity contribution in [3.05, 3.63) is 130 Å². The largest absolute Gasteiger partial charge is 1.00 e. The van der Waals surface area contributed by atoms with Crippen molar-refractivity contribution in [3.63, 3.8) is 0 Å². The predicted octanol–water partition coefficient (Wildman–Crippen LogP) is -0.432. The first kappa shape index (κ1) is 28.3. The maximum absolute atomic E-state index is 2.39. The number of hydrogen-bond donors (Lipinski definition) is 0. The molecule has 4 heteroatoms. The zero-order valence-corrected chi connectivity index (χ0v) is 25.2. The average Bonchev–Trinajstić information content (AvgIpc) is 2.85. The van der Waals surface area contributed by atoms with Crippen molar-refractivity contribution < 1.29 is 57.1 Å². The fourth-order valence-electron chi connectivity index (χ4n) is 4.54. The maximum atomic E-state index is 2.39. The lowest BCUT2D eigenvalue weighted by atomic mass is 9.90. The summed E-state index contributed by atoms with van der Waals surface area (Å²) in [6.07, 6.45) is 21.6. The smallest absolute Gasteiger partial charge is 0.169 e. The summed E-state index contributed by atoms with van der Waals surface area (Å²) >= 11 is 0. The summed E-state index contributed by atoms with van der Waals surface area (Å²) in [7, 11) is 4.10. The first-order chi connectivity index (χ1) is 16.6. The number of rotatable bonds is 4. The van der Waals surface area contributed by atoms with E-state index in [2.05, 4.69) is 119 Å². The van der Waals surface area contributed by atoms with Crippen LogP contribution in [0.3, 0.4) is 0 Å². The highest BCUT2D eigenvalue weighted by Gasteiger charge is 2.09. The van der Waals surface area contributed by atoms with Crippen molar-refractivity contribution in [2.75, 3.05) is 0 Å². The minimum absolute atomic E-state index is 0. The highest BCUT2D eigenvalue weighted by molar-refractivity contribution is 5.72. The Kier molecular flexibility index (Phi) is 10.4. The lowest BCUT2D eigenvalue weighted by Crippen LogP contribution is -3.00. The Hall–Kier alpha value is -2.32. The number of halogens is 2. The van der Waals surface area contributed by atoms with Crippen molar-refractivity contribution in [1.29, 1.82) is 0 Å². The van der Waals surface area contributed by atoms with Gasteiger partial charge in [-0.05, 0) is 70.2 Å². The molecule has 0 spiro atoms. The summed E-state index contributed by atoms with van der Waals surface area (Å²) in [4.78, 5) is 0. The Morgan fingerprint density at radius 3 is 1.28 bits per heavy atom. The SMILES string of the molecule is C[n+]1ccc(/C=C/c2cc3ccc2CCc2ccc(c(/C=C/c4cc[n+](C)cc4)c2)CC3)cc1.[I-].[I-]. The predicted molar refractivity (Wildman–Crippen MR) is 141 cm³/mol. The van der Waals surface area contributed by atoms with Crippen LogP contribution in [-0.2, 0) is 39.8 Å². The summed E-state index contributed by atoms with van der Waals surface area (Å²) in [6, 6.07) is 22.7. The minimum atomic E-state index is 0. The van der Waals surface area contributed by atoms with Gasteiger partial charge in [-0.3, -0.25) is 0 Å². The van der Waals surface area contributed by atoms with Gasteiger partial charge >= 0.3 is 0 Å². The maximum Gasteiger partial charge on any atom is 0.169 e. The quantitative estimate of drug-likeness (QED) is 0.202. The van der Waals surface area contributed by atoms with Gasteiger partial charge in [0.15, 0.2) is 24.8 Å². The van der Waals surface area contributed by atoms with Crippen molar-refractivity contribution in [1.82, 2.24) is 0 Å². The molecule has 36 heavy (non-hydrogen) atoms. The Morgan fingerprint density at radius 1 is 0.500 bits per heavy atom. The van der Waals surface area contributed by atoms with Crippen molar-refractivity contribution in [2.24, 2.45) is 14.1 Å². The minimum Gasteiger partial charge on any atom is -1.00 e. The van der Waals surface area contributed by atoms with Gasteiger partial charge in [0.25, 0.3) is 0 Å². The summed E-state index contributed by atoms with van der Waals surface area (Å²) in [6.45, 7) is 0. The fourth-order valence-corrected chi connectivity index (χ4v) is 4.54.